The fourth-order valence-corrected chi connectivity index (χ4v) is 7.54. The molecule has 0 aromatic rings. The lowest BCUT2D eigenvalue weighted by Crippen LogP contribution is -3.00. The summed E-state index contributed by atoms with van der Waals surface area (Å²) < 4.78 is 1.16. The van der Waals surface area contributed by atoms with Gasteiger partial charge >= 0.3 is 0 Å². The number of halogens is 1. The van der Waals surface area contributed by atoms with Crippen molar-refractivity contribution in [1.29, 1.82) is 0 Å². The number of rotatable bonds is 1. The van der Waals surface area contributed by atoms with E-state index >= 15 is 0 Å². The number of hydrogen-bond donors (Lipinski definition) is 0. The third-order valence-corrected chi connectivity index (χ3v) is 8.54. The zero-order chi connectivity index (χ0) is 16.5. The van der Waals surface area contributed by atoms with Crippen LogP contribution >= 0.6 is 0 Å². The average Bonchev–Trinajstić information content (AvgIpc) is 2.84. The summed E-state index contributed by atoms with van der Waals surface area (Å²) in [5, 5.41) is 0. The Balaban J connectivity index is 0.00000169. The summed E-state index contributed by atoms with van der Waals surface area (Å²) in [5.74, 6) is 2.85. The van der Waals surface area contributed by atoms with Crippen molar-refractivity contribution < 1.29 is 28.5 Å². The summed E-state index contributed by atoms with van der Waals surface area (Å²) in [6.07, 6.45) is 17.4. The van der Waals surface area contributed by atoms with Gasteiger partial charge in [-0.05, 0) is 67.3 Å². The van der Waals surface area contributed by atoms with Gasteiger partial charge in [-0.2, -0.15) is 0 Å². The molecular weight excluding hydrogens is 405 g/mol. The molecule has 0 aliphatic heterocycles. The fourth-order valence-electron chi connectivity index (χ4n) is 7.54. The molecule has 0 radical (unpaired) electrons. The highest BCUT2D eigenvalue weighted by molar-refractivity contribution is 5.34. The van der Waals surface area contributed by atoms with Gasteiger partial charge in [-0.3, -0.25) is 0 Å². The van der Waals surface area contributed by atoms with Crippen molar-refractivity contribution in [3.63, 3.8) is 0 Å². The Kier molecular flexibility index (Phi) is 4.82. The zero-order valence-electron chi connectivity index (χ0n) is 16.3. The zero-order valence-corrected chi connectivity index (χ0v) is 18.5. The third kappa shape index (κ3) is 2.57. The molecule has 0 saturated heterocycles. The lowest BCUT2D eigenvalue weighted by molar-refractivity contribution is -0.903. The summed E-state index contributed by atoms with van der Waals surface area (Å²) in [6, 6.07) is 0.859. The number of quaternary nitrogens is 1. The molecule has 136 valence electrons. The molecular formula is C22H36IN. The number of fused-ring (bicyclic) bond motifs is 5. The summed E-state index contributed by atoms with van der Waals surface area (Å²) in [7, 11) is 7.28. The molecule has 0 amide bonds. The first-order valence-electron chi connectivity index (χ1n) is 9.95. The molecule has 0 aromatic heterocycles. The SMILES string of the molecule is C[C@]12CCC=CC1=CCC1C2CC[C@@]2(C)C1CC[C@@H]2[N+](C)(C)C.[I-]. The molecule has 0 bridgehead atoms. The lowest BCUT2D eigenvalue weighted by Gasteiger charge is -2.57. The van der Waals surface area contributed by atoms with Gasteiger partial charge in [-0.15, -0.1) is 0 Å². The van der Waals surface area contributed by atoms with Gasteiger partial charge in [0.2, 0.25) is 0 Å². The maximum atomic E-state index is 2.65. The second-order valence-electron chi connectivity index (χ2n) is 10.4. The molecule has 2 heteroatoms. The minimum absolute atomic E-state index is 0. The first-order chi connectivity index (χ1) is 10.8. The van der Waals surface area contributed by atoms with Crippen molar-refractivity contribution in [3.05, 3.63) is 23.8 Å². The highest BCUT2D eigenvalue weighted by Crippen LogP contribution is 2.65. The quantitative estimate of drug-likeness (QED) is 0.433. The van der Waals surface area contributed by atoms with Crippen LogP contribution in [0.25, 0.3) is 0 Å². The Morgan fingerprint density at radius 3 is 2.46 bits per heavy atom. The van der Waals surface area contributed by atoms with Gasteiger partial charge in [0.05, 0.1) is 27.2 Å². The van der Waals surface area contributed by atoms with Gasteiger partial charge in [-0.25, -0.2) is 0 Å². The van der Waals surface area contributed by atoms with Gasteiger partial charge in [0.25, 0.3) is 0 Å². The van der Waals surface area contributed by atoms with Crippen molar-refractivity contribution in [2.24, 2.45) is 28.6 Å². The summed E-state index contributed by atoms with van der Waals surface area (Å²) in [4.78, 5) is 0. The van der Waals surface area contributed by atoms with E-state index < -0.39 is 0 Å². The molecule has 6 atom stereocenters. The lowest BCUT2D eigenvalue weighted by atomic mass is 9.48. The molecule has 0 N–H and O–H groups in total. The van der Waals surface area contributed by atoms with E-state index in [9.17, 15) is 0 Å². The standard InChI is InChI=1S/C22H36N.HI/c1-21-14-7-6-8-16(21)9-10-17-18-11-12-20(23(3,4)5)22(18,2)15-13-19(17)21;/h6,8-9,17-20H,7,10-15H2,1-5H3;1H/q+1;/p-1/t17?,18?,19?,20-,21-,22-;/m0./s1. The van der Waals surface area contributed by atoms with Crippen LogP contribution < -0.4 is 24.0 Å². The highest BCUT2D eigenvalue weighted by atomic mass is 127. The molecule has 3 unspecified atom stereocenters. The molecule has 0 aromatic carbocycles. The fraction of sp³-hybridized carbons (Fsp3) is 0.818. The van der Waals surface area contributed by atoms with Crippen LogP contribution in [0, 0.1) is 28.6 Å². The van der Waals surface area contributed by atoms with Crippen LogP contribution in [0.5, 0.6) is 0 Å². The van der Waals surface area contributed by atoms with Crippen LogP contribution in [0.1, 0.15) is 58.8 Å². The predicted octanol–water partition coefficient (Wildman–Crippen LogP) is 2.19. The van der Waals surface area contributed by atoms with Crippen molar-refractivity contribution in [2.45, 2.75) is 64.8 Å². The molecule has 24 heavy (non-hydrogen) atoms. The van der Waals surface area contributed by atoms with E-state index in [1.807, 2.05) is 0 Å². The maximum absolute atomic E-state index is 2.65. The number of nitrogens with zero attached hydrogens (tertiary/aromatic N) is 1. The largest absolute Gasteiger partial charge is 1.00 e. The Hall–Kier alpha value is 0.170. The second kappa shape index (κ2) is 6.11. The van der Waals surface area contributed by atoms with Gasteiger partial charge in [-0.1, -0.05) is 32.1 Å². The summed E-state index contributed by atoms with van der Waals surface area (Å²) in [5.41, 5.74) is 2.73. The van der Waals surface area contributed by atoms with Crippen LogP contribution in [0.4, 0.5) is 0 Å². The van der Waals surface area contributed by atoms with Crippen LogP contribution in [0.2, 0.25) is 0 Å². The van der Waals surface area contributed by atoms with Crippen LogP contribution in [-0.4, -0.2) is 31.7 Å². The van der Waals surface area contributed by atoms with Crippen LogP contribution in [-0.2, 0) is 0 Å². The van der Waals surface area contributed by atoms with Crippen molar-refractivity contribution >= 4 is 0 Å². The van der Waals surface area contributed by atoms with E-state index in [1.165, 1.54) is 44.9 Å². The number of allylic oxidation sites excluding steroid dienone is 4. The first kappa shape index (κ1) is 18.9. The van der Waals surface area contributed by atoms with E-state index in [1.54, 1.807) is 5.57 Å². The Labute approximate surface area is 166 Å². The molecule has 2 fully saturated rings. The van der Waals surface area contributed by atoms with Gasteiger partial charge < -0.3 is 28.5 Å². The van der Waals surface area contributed by atoms with Crippen molar-refractivity contribution in [3.8, 4) is 0 Å². The van der Waals surface area contributed by atoms with E-state index in [0.29, 0.717) is 10.8 Å². The second-order valence-corrected chi connectivity index (χ2v) is 10.4. The molecule has 0 heterocycles. The molecule has 4 aliphatic rings. The molecule has 4 aliphatic carbocycles. The topological polar surface area (TPSA) is 0 Å². The maximum Gasteiger partial charge on any atom is 0.0941 e. The molecule has 1 nitrogen and oxygen atoms in total. The van der Waals surface area contributed by atoms with Crippen LogP contribution in [0.3, 0.4) is 0 Å². The van der Waals surface area contributed by atoms with Gasteiger partial charge in [0.1, 0.15) is 0 Å². The third-order valence-electron chi connectivity index (χ3n) is 8.54. The van der Waals surface area contributed by atoms with E-state index in [0.717, 1.165) is 28.3 Å². The predicted molar refractivity (Wildman–Crippen MR) is 98.0 cm³/mol. The normalized spacial score (nSPS) is 47.1. The minimum Gasteiger partial charge on any atom is -1.00 e. The van der Waals surface area contributed by atoms with E-state index in [-0.39, 0.29) is 24.0 Å². The van der Waals surface area contributed by atoms with E-state index in [4.69, 9.17) is 0 Å². The Bertz CT molecular complexity index is 557. The van der Waals surface area contributed by atoms with Crippen molar-refractivity contribution in [1.82, 2.24) is 0 Å². The molecule has 4 rings (SSSR count). The smallest absolute Gasteiger partial charge is 0.0941 e. The van der Waals surface area contributed by atoms with E-state index in [2.05, 4.69) is 53.2 Å². The average molecular weight is 441 g/mol. The molecule has 0 spiro atoms. The minimum atomic E-state index is 0. The monoisotopic (exact) mass is 441 g/mol. The highest BCUT2D eigenvalue weighted by Gasteiger charge is 2.60. The van der Waals surface area contributed by atoms with Gasteiger partial charge in [0, 0.05) is 11.8 Å². The number of hydrogen-bond acceptors (Lipinski definition) is 0. The summed E-state index contributed by atoms with van der Waals surface area (Å²) in [6.45, 7) is 5.24. The van der Waals surface area contributed by atoms with Gasteiger partial charge in [0.15, 0.2) is 0 Å². The van der Waals surface area contributed by atoms with Crippen molar-refractivity contribution in [2.75, 3.05) is 21.1 Å². The Morgan fingerprint density at radius 2 is 1.75 bits per heavy atom. The van der Waals surface area contributed by atoms with Crippen LogP contribution in [0.15, 0.2) is 23.8 Å². The molecule has 2 saturated carbocycles. The Morgan fingerprint density at radius 1 is 1.00 bits per heavy atom. The first-order valence-corrected chi connectivity index (χ1v) is 9.95. The summed E-state index contributed by atoms with van der Waals surface area (Å²) >= 11 is 0.